The normalized spacial score (nSPS) is 11.9. The number of fused-ring (bicyclic) bond motifs is 1. The van der Waals surface area contributed by atoms with Gasteiger partial charge in [0.05, 0.1) is 11.6 Å². The first-order chi connectivity index (χ1) is 8.88. The molecule has 2 heterocycles. The van der Waals surface area contributed by atoms with Crippen LogP contribution in [0.2, 0.25) is 0 Å². The highest BCUT2D eigenvalue weighted by molar-refractivity contribution is 7.88. The molecule has 0 aliphatic rings. The molecule has 0 bridgehead atoms. The van der Waals surface area contributed by atoms with Crippen LogP contribution in [0.3, 0.4) is 0 Å². The third-order valence-corrected chi connectivity index (χ3v) is 4.59. The van der Waals surface area contributed by atoms with Gasteiger partial charge in [0.15, 0.2) is 0 Å². The number of sulfonamides is 1. The van der Waals surface area contributed by atoms with E-state index in [1.54, 1.807) is 11.3 Å². The Morgan fingerprint density at radius 3 is 2.68 bits per heavy atom. The molecular weight excluding hydrogens is 284 g/mol. The molecule has 0 saturated heterocycles. The SMILES string of the molecule is Cc1sc2ncnc(NCCNS(C)(=O)=O)c2c1C. The molecule has 0 amide bonds. The van der Waals surface area contributed by atoms with Gasteiger partial charge >= 0.3 is 0 Å². The minimum atomic E-state index is -3.15. The topological polar surface area (TPSA) is 84.0 Å². The average molecular weight is 300 g/mol. The van der Waals surface area contributed by atoms with Gasteiger partial charge in [0.25, 0.3) is 0 Å². The number of hydrogen-bond donors (Lipinski definition) is 2. The fourth-order valence-corrected chi connectivity index (χ4v) is 3.20. The van der Waals surface area contributed by atoms with Crippen molar-refractivity contribution in [2.45, 2.75) is 13.8 Å². The molecule has 0 spiro atoms. The Balaban J connectivity index is 2.13. The van der Waals surface area contributed by atoms with E-state index >= 15 is 0 Å². The van der Waals surface area contributed by atoms with Crippen LogP contribution in [0.15, 0.2) is 6.33 Å². The Hall–Kier alpha value is -1.25. The van der Waals surface area contributed by atoms with Gasteiger partial charge in [-0.05, 0) is 19.4 Å². The first-order valence-electron chi connectivity index (χ1n) is 5.77. The van der Waals surface area contributed by atoms with Crippen molar-refractivity contribution in [3.8, 4) is 0 Å². The molecule has 2 rings (SSSR count). The average Bonchev–Trinajstić information content (AvgIpc) is 2.60. The van der Waals surface area contributed by atoms with Crippen LogP contribution in [0.25, 0.3) is 10.2 Å². The quantitative estimate of drug-likeness (QED) is 0.812. The lowest BCUT2D eigenvalue weighted by Crippen LogP contribution is -2.27. The van der Waals surface area contributed by atoms with E-state index < -0.39 is 10.0 Å². The molecule has 2 aromatic rings. The predicted molar refractivity (Wildman–Crippen MR) is 78.2 cm³/mol. The van der Waals surface area contributed by atoms with Gasteiger partial charge < -0.3 is 5.32 Å². The van der Waals surface area contributed by atoms with E-state index in [-0.39, 0.29) is 0 Å². The minimum Gasteiger partial charge on any atom is -0.368 e. The largest absolute Gasteiger partial charge is 0.368 e. The Bertz CT molecular complexity index is 694. The van der Waals surface area contributed by atoms with E-state index in [0.717, 1.165) is 22.3 Å². The van der Waals surface area contributed by atoms with Crippen molar-refractivity contribution < 1.29 is 8.42 Å². The zero-order valence-electron chi connectivity index (χ0n) is 11.0. The number of hydrogen-bond acceptors (Lipinski definition) is 6. The van der Waals surface area contributed by atoms with E-state index in [1.165, 1.54) is 16.8 Å². The van der Waals surface area contributed by atoms with Gasteiger partial charge in [0, 0.05) is 18.0 Å². The van der Waals surface area contributed by atoms with Gasteiger partial charge in [-0.25, -0.2) is 23.1 Å². The van der Waals surface area contributed by atoms with Crippen LogP contribution in [0, 0.1) is 13.8 Å². The molecule has 2 aromatic heterocycles. The molecule has 0 aromatic carbocycles. The summed E-state index contributed by atoms with van der Waals surface area (Å²) >= 11 is 1.63. The Kier molecular flexibility index (Phi) is 4.02. The Morgan fingerprint density at radius 2 is 2.00 bits per heavy atom. The van der Waals surface area contributed by atoms with Gasteiger partial charge in [-0.3, -0.25) is 0 Å². The highest BCUT2D eigenvalue weighted by atomic mass is 32.2. The van der Waals surface area contributed by atoms with Crippen LogP contribution in [0.1, 0.15) is 10.4 Å². The van der Waals surface area contributed by atoms with Crippen molar-refractivity contribution in [1.82, 2.24) is 14.7 Å². The number of aromatic nitrogens is 2. The second kappa shape index (κ2) is 5.40. The van der Waals surface area contributed by atoms with Crippen molar-refractivity contribution in [2.75, 3.05) is 24.7 Å². The molecule has 8 heteroatoms. The molecule has 0 radical (unpaired) electrons. The molecule has 0 aliphatic heterocycles. The zero-order chi connectivity index (χ0) is 14.0. The number of anilines is 1. The molecule has 0 fully saturated rings. The third-order valence-electron chi connectivity index (χ3n) is 2.75. The molecular formula is C11H16N4O2S2. The monoisotopic (exact) mass is 300 g/mol. The number of thiophene rings is 1. The highest BCUT2D eigenvalue weighted by Gasteiger charge is 2.11. The number of aryl methyl sites for hydroxylation is 2. The molecule has 104 valence electrons. The molecule has 0 unspecified atom stereocenters. The Morgan fingerprint density at radius 1 is 1.26 bits per heavy atom. The zero-order valence-corrected chi connectivity index (χ0v) is 12.7. The van der Waals surface area contributed by atoms with Gasteiger partial charge in [0.1, 0.15) is 17.0 Å². The summed E-state index contributed by atoms with van der Waals surface area (Å²) in [5.41, 5.74) is 1.17. The molecule has 0 atom stereocenters. The van der Waals surface area contributed by atoms with Gasteiger partial charge in [-0.1, -0.05) is 0 Å². The maximum Gasteiger partial charge on any atom is 0.208 e. The number of nitrogens with zero attached hydrogens (tertiary/aromatic N) is 2. The lowest BCUT2D eigenvalue weighted by Gasteiger charge is -2.07. The van der Waals surface area contributed by atoms with E-state index in [2.05, 4.69) is 26.9 Å². The van der Waals surface area contributed by atoms with Crippen molar-refractivity contribution in [1.29, 1.82) is 0 Å². The molecule has 6 nitrogen and oxygen atoms in total. The maximum absolute atomic E-state index is 10.9. The molecule has 0 saturated carbocycles. The van der Waals surface area contributed by atoms with Crippen LogP contribution < -0.4 is 10.0 Å². The lowest BCUT2D eigenvalue weighted by molar-refractivity contribution is 0.589. The van der Waals surface area contributed by atoms with E-state index in [1.807, 2.05) is 6.92 Å². The second-order valence-electron chi connectivity index (χ2n) is 4.28. The first-order valence-corrected chi connectivity index (χ1v) is 8.48. The first kappa shape index (κ1) is 14.2. The molecule has 2 N–H and O–H groups in total. The van der Waals surface area contributed by atoms with Crippen molar-refractivity contribution in [3.63, 3.8) is 0 Å². The van der Waals surface area contributed by atoms with E-state index in [0.29, 0.717) is 13.1 Å². The van der Waals surface area contributed by atoms with Crippen LogP contribution in [-0.2, 0) is 10.0 Å². The summed E-state index contributed by atoms with van der Waals surface area (Å²) in [6.45, 7) is 4.90. The third kappa shape index (κ3) is 3.40. The fourth-order valence-electron chi connectivity index (χ4n) is 1.73. The summed E-state index contributed by atoms with van der Waals surface area (Å²) in [7, 11) is -3.15. The van der Waals surface area contributed by atoms with Crippen LogP contribution in [0.5, 0.6) is 0 Å². The summed E-state index contributed by atoms with van der Waals surface area (Å²) in [5.74, 6) is 0.752. The number of nitrogens with one attached hydrogen (secondary N) is 2. The summed E-state index contributed by atoms with van der Waals surface area (Å²) in [5, 5.41) is 4.16. The van der Waals surface area contributed by atoms with Crippen LogP contribution in [0.4, 0.5) is 5.82 Å². The summed E-state index contributed by atoms with van der Waals surface area (Å²) < 4.78 is 24.3. The van der Waals surface area contributed by atoms with Crippen LogP contribution in [-0.4, -0.2) is 37.7 Å². The maximum atomic E-state index is 10.9. The molecule has 19 heavy (non-hydrogen) atoms. The van der Waals surface area contributed by atoms with Gasteiger partial charge in [-0.2, -0.15) is 0 Å². The van der Waals surface area contributed by atoms with Crippen molar-refractivity contribution in [2.24, 2.45) is 0 Å². The van der Waals surface area contributed by atoms with E-state index in [9.17, 15) is 8.42 Å². The van der Waals surface area contributed by atoms with Gasteiger partial charge in [-0.15, -0.1) is 11.3 Å². The molecule has 0 aliphatic carbocycles. The summed E-state index contributed by atoms with van der Waals surface area (Å²) in [6, 6.07) is 0. The fraction of sp³-hybridized carbons (Fsp3) is 0.455. The van der Waals surface area contributed by atoms with Crippen LogP contribution >= 0.6 is 11.3 Å². The highest BCUT2D eigenvalue weighted by Crippen LogP contribution is 2.32. The van der Waals surface area contributed by atoms with E-state index in [4.69, 9.17) is 0 Å². The van der Waals surface area contributed by atoms with Crippen molar-refractivity contribution in [3.05, 3.63) is 16.8 Å². The van der Waals surface area contributed by atoms with Crippen molar-refractivity contribution >= 4 is 37.4 Å². The standard InChI is InChI=1S/C11H16N4O2S2/c1-7-8(2)18-11-9(7)10(13-6-14-11)12-4-5-15-19(3,16)17/h6,15H,4-5H2,1-3H3,(H,12,13,14). The number of rotatable bonds is 5. The second-order valence-corrected chi connectivity index (χ2v) is 7.32. The lowest BCUT2D eigenvalue weighted by atomic mass is 10.2. The smallest absolute Gasteiger partial charge is 0.208 e. The van der Waals surface area contributed by atoms with Gasteiger partial charge in [0.2, 0.25) is 10.0 Å². The summed E-state index contributed by atoms with van der Waals surface area (Å²) in [4.78, 5) is 10.6. The Labute approximate surface area is 116 Å². The minimum absolute atomic E-state index is 0.326. The predicted octanol–water partition coefficient (Wildman–Crippen LogP) is 1.27. The summed E-state index contributed by atoms with van der Waals surface area (Å²) in [6.07, 6.45) is 2.66.